The third-order valence-corrected chi connectivity index (χ3v) is 4.91. The molecule has 0 aromatic heterocycles. The Hall–Kier alpha value is -2.52. The zero-order chi connectivity index (χ0) is 17.5. The molecule has 0 radical (unpaired) electrons. The highest BCUT2D eigenvalue weighted by Crippen LogP contribution is 2.27. The highest BCUT2D eigenvalue weighted by molar-refractivity contribution is 7.99. The van der Waals surface area contributed by atoms with Gasteiger partial charge in [0.2, 0.25) is 5.91 Å². The maximum atomic E-state index is 12.3. The summed E-state index contributed by atoms with van der Waals surface area (Å²) >= 11 is 1.63. The highest BCUT2D eigenvalue weighted by atomic mass is 32.2. The number of rotatable bonds is 6. The summed E-state index contributed by atoms with van der Waals surface area (Å²) in [4.78, 5) is 12.3. The number of para-hydroxylation sites is 1. The zero-order valence-corrected chi connectivity index (χ0v) is 15.1. The predicted octanol–water partition coefficient (Wildman–Crippen LogP) is 5.53. The van der Waals surface area contributed by atoms with Crippen LogP contribution in [0.2, 0.25) is 0 Å². The summed E-state index contributed by atoms with van der Waals surface area (Å²) in [6, 6.07) is 26.5. The average Bonchev–Trinajstić information content (AvgIpc) is 2.64. The van der Waals surface area contributed by atoms with Crippen molar-refractivity contribution in [3.8, 4) is 11.1 Å². The molecule has 0 aliphatic heterocycles. The lowest BCUT2D eigenvalue weighted by Crippen LogP contribution is -2.14. The smallest absolute Gasteiger partial charge is 0.234 e. The molecule has 3 heteroatoms. The van der Waals surface area contributed by atoms with E-state index in [-0.39, 0.29) is 5.91 Å². The van der Waals surface area contributed by atoms with E-state index in [0.29, 0.717) is 5.75 Å². The van der Waals surface area contributed by atoms with Crippen molar-refractivity contribution in [2.24, 2.45) is 0 Å². The Morgan fingerprint density at radius 3 is 2.32 bits per heavy atom. The second-order valence-electron chi connectivity index (χ2n) is 5.94. The number of anilines is 1. The van der Waals surface area contributed by atoms with Gasteiger partial charge in [-0.1, -0.05) is 78.4 Å². The van der Waals surface area contributed by atoms with Crippen LogP contribution >= 0.6 is 11.8 Å². The number of carbonyl (C=O) groups is 1. The first-order valence-electron chi connectivity index (χ1n) is 8.30. The standard InChI is InChI=1S/C22H21NOS/c1-17-11-13-18(14-12-17)15-25-16-22(24)23-21-10-6-5-9-20(21)19-7-3-2-4-8-19/h2-14H,15-16H2,1H3,(H,23,24). The van der Waals surface area contributed by atoms with E-state index in [9.17, 15) is 4.79 Å². The first kappa shape index (κ1) is 17.3. The van der Waals surface area contributed by atoms with Crippen LogP contribution in [0.15, 0.2) is 78.9 Å². The van der Waals surface area contributed by atoms with Gasteiger partial charge in [-0.2, -0.15) is 0 Å². The fraction of sp³-hybridized carbons (Fsp3) is 0.136. The Bertz CT molecular complexity index is 828. The van der Waals surface area contributed by atoms with Crippen LogP contribution in [0.5, 0.6) is 0 Å². The summed E-state index contributed by atoms with van der Waals surface area (Å²) < 4.78 is 0. The van der Waals surface area contributed by atoms with Crippen LogP contribution in [0, 0.1) is 6.92 Å². The minimum absolute atomic E-state index is 0.0282. The van der Waals surface area contributed by atoms with E-state index in [0.717, 1.165) is 22.6 Å². The van der Waals surface area contributed by atoms with E-state index in [1.807, 2.05) is 42.5 Å². The van der Waals surface area contributed by atoms with Gasteiger partial charge in [0, 0.05) is 17.0 Å². The molecule has 3 rings (SSSR count). The summed E-state index contributed by atoms with van der Waals surface area (Å²) in [6.07, 6.45) is 0. The Balaban J connectivity index is 1.59. The van der Waals surface area contributed by atoms with Crippen LogP contribution in [0.25, 0.3) is 11.1 Å². The molecule has 0 saturated heterocycles. The lowest BCUT2D eigenvalue weighted by Gasteiger charge is -2.11. The summed E-state index contributed by atoms with van der Waals surface area (Å²) in [5.41, 5.74) is 5.50. The van der Waals surface area contributed by atoms with E-state index in [1.54, 1.807) is 11.8 Å². The molecule has 0 bridgehead atoms. The molecule has 0 aliphatic rings. The van der Waals surface area contributed by atoms with Crippen LogP contribution in [0.1, 0.15) is 11.1 Å². The Labute approximate surface area is 153 Å². The lowest BCUT2D eigenvalue weighted by atomic mass is 10.0. The van der Waals surface area contributed by atoms with Gasteiger partial charge in [0.15, 0.2) is 0 Å². The number of benzene rings is 3. The summed E-state index contributed by atoms with van der Waals surface area (Å²) in [5, 5.41) is 3.04. The molecule has 0 saturated carbocycles. The quantitative estimate of drug-likeness (QED) is 0.635. The maximum absolute atomic E-state index is 12.3. The van der Waals surface area contributed by atoms with Gasteiger partial charge in [0.1, 0.15) is 0 Å². The van der Waals surface area contributed by atoms with Gasteiger partial charge in [-0.05, 0) is 24.1 Å². The topological polar surface area (TPSA) is 29.1 Å². The second-order valence-corrected chi connectivity index (χ2v) is 6.92. The Kier molecular flexibility index (Phi) is 5.91. The molecule has 0 fully saturated rings. The molecule has 126 valence electrons. The van der Waals surface area contributed by atoms with Gasteiger partial charge in [-0.3, -0.25) is 4.79 Å². The number of nitrogens with one attached hydrogen (secondary N) is 1. The number of hydrogen-bond donors (Lipinski definition) is 1. The minimum Gasteiger partial charge on any atom is -0.325 e. The number of amides is 1. The van der Waals surface area contributed by atoms with Crippen molar-refractivity contribution in [1.82, 2.24) is 0 Å². The zero-order valence-electron chi connectivity index (χ0n) is 14.2. The van der Waals surface area contributed by atoms with Crippen LogP contribution in [-0.2, 0) is 10.5 Å². The fourth-order valence-electron chi connectivity index (χ4n) is 2.59. The first-order chi connectivity index (χ1) is 12.2. The Morgan fingerprint density at radius 1 is 0.880 bits per heavy atom. The van der Waals surface area contributed by atoms with Crippen LogP contribution in [0.4, 0.5) is 5.69 Å². The van der Waals surface area contributed by atoms with Gasteiger partial charge in [-0.25, -0.2) is 0 Å². The molecule has 2 nitrogen and oxygen atoms in total. The SMILES string of the molecule is Cc1ccc(CSCC(=O)Nc2ccccc2-c2ccccc2)cc1. The normalized spacial score (nSPS) is 10.4. The van der Waals surface area contributed by atoms with Crippen LogP contribution < -0.4 is 5.32 Å². The lowest BCUT2D eigenvalue weighted by molar-refractivity contribution is -0.113. The molecule has 3 aromatic rings. The summed E-state index contributed by atoms with van der Waals surface area (Å²) in [5.74, 6) is 1.31. The number of carbonyl (C=O) groups excluding carboxylic acids is 1. The van der Waals surface area contributed by atoms with Gasteiger partial charge in [0.05, 0.1) is 5.75 Å². The molecular weight excluding hydrogens is 326 g/mol. The number of hydrogen-bond acceptors (Lipinski definition) is 2. The van der Waals surface area contributed by atoms with E-state index in [2.05, 4.69) is 48.6 Å². The first-order valence-corrected chi connectivity index (χ1v) is 9.45. The third-order valence-electron chi connectivity index (χ3n) is 3.91. The van der Waals surface area contributed by atoms with Crippen molar-refractivity contribution in [3.05, 3.63) is 90.0 Å². The molecule has 0 unspecified atom stereocenters. The van der Waals surface area contributed by atoms with Gasteiger partial charge < -0.3 is 5.32 Å². The van der Waals surface area contributed by atoms with Crippen LogP contribution in [0.3, 0.4) is 0 Å². The average molecular weight is 347 g/mol. The maximum Gasteiger partial charge on any atom is 0.234 e. The summed E-state index contributed by atoms with van der Waals surface area (Å²) in [7, 11) is 0. The molecule has 0 heterocycles. The number of aryl methyl sites for hydroxylation is 1. The second kappa shape index (κ2) is 8.54. The molecule has 0 atom stereocenters. The molecule has 0 aliphatic carbocycles. The van der Waals surface area contributed by atoms with Gasteiger partial charge in [0.25, 0.3) is 0 Å². The van der Waals surface area contributed by atoms with Crippen LogP contribution in [-0.4, -0.2) is 11.7 Å². The van der Waals surface area contributed by atoms with Crippen molar-refractivity contribution in [3.63, 3.8) is 0 Å². The predicted molar refractivity (Wildman–Crippen MR) is 108 cm³/mol. The van der Waals surface area contributed by atoms with Gasteiger partial charge in [-0.15, -0.1) is 11.8 Å². The van der Waals surface area contributed by atoms with E-state index < -0.39 is 0 Å². The largest absolute Gasteiger partial charge is 0.325 e. The van der Waals surface area contributed by atoms with Crippen molar-refractivity contribution in [1.29, 1.82) is 0 Å². The molecule has 0 spiro atoms. The third kappa shape index (κ3) is 4.97. The molecular formula is C22H21NOS. The number of thioether (sulfide) groups is 1. The van der Waals surface area contributed by atoms with Crippen molar-refractivity contribution >= 4 is 23.4 Å². The van der Waals surface area contributed by atoms with E-state index >= 15 is 0 Å². The van der Waals surface area contributed by atoms with Crippen molar-refractivity contribution < 1.29 is 4.79 Å². The monoisotopic (exact) mass is 347 g/mol. The minimum atomic E-state index is 0.0282. The molecule has 25 heavy (non-hydrogen) atoms. The molecule has 3 aromatic carbocycles. The van der Waals surface area contributed by atoms with E-state index in [1.165, 1.54) is 11.1 Å². The fourth-order valence-corrected chi connectivity index (χ4v) is 3.38. The van der Waals surface area contributed by atoms with Gasteiger partial charge >= 0.3 is 0 Å². The Morgan fingerprint density at radius 2 is 1.56 bits per heavy atom. The molecule has 1 N–H and O–H groups in total. The van der Waals surface area contributed by atoms with E-state index in [4.69, 9.17) is 0 Å². The van der Waals surface area contributed by atoms with Crippen molar-refractivity contribution in [2.45, 2.75) is 12.7 Å². The highest BCUT2D eigenvalue weighted by Gasteiger charge is 2.08. The molecule has 1 amide bonds. The van der Waals surface area contributed by atoms with Crippen molar-refractivity contribution in [2.75, 3.05) is 11.1 Å². The summed E-state index contributed by atoms with van der Waals surface area (Å²) in [6.45, 7) is 2.08.